The van der Waals surface area contributed by atoms with E-state index < -0.39 is 0 Å². The van der Waals surface area contributed by atoms with Crippen molar-refractivity contribution < 1.29 is 0 Å². The molecule has 0 aliphatic carbocycles. The second kappa shape index (κ2) is 3.79. The summed E-state index contributed by atoms with van der Waals surface area (Å²) in [5, 5.41) is 3.34. The third kappa shape index (κ3) is 1.83. The Morgan fingerprint density at radius 2 is 2.23 bits per heavy atom. The van der Waals surface area contributed by atoms with Crippen LogP contribution in [0.2, 0.25) is 0 Å². The second-order valence-corrected chi connectivity index (χ2v) is 3.51. The molecule has 0 atom stereocenters. The van der Waals surface area contributed by atoms with Crippen molar-refractivity contribution in [1.29, 1.82) is 0 Å². The van der Waals surface area contributed by atoms with Gasteiger partial charge in [0.25, 0.3) is 0 Å². The normalized spacial score (nSPS) is 24.6. The topological polar surface area (TPSA) is 53.6 Å². The molecule has 3 N–H and O–H groups in total. The quantitative estimate of drug-likeness (QED) is 0.591. The first-order valence-corrected chi connectivity index (χ1v) is 4.83. The number of hydrogen-bond acceptors (Lipinski definition) is 4. The Kier molecular flexibility index (Phi) is 2.49. The van der Waals surface area contributed by atoms with Gasteiger partial charge in [0.2, 0.25) is 0 Å². The Hall–Kier alpha value is -1.03. The number of nitrogens with one attached hydrogen (secondary N) is 1. The molecular weight excluding hydrogens is 164 g/mol. The number of guanidine groups is 1. The maximum Gasteiger partial charge on any atom is 0.196 e. The average Bonchev–Trinajstić information content (AvgIpc) is 2.20. The third-order valence-electron chi connectivity index (χ3n) is 2.66. The lowest BCUT2D eigenvalue weighted by atomic mass is 10.1. The molecule has 0 aromatic carbocycles. The van der Waals surface area contributed by atoms with Gasteiger partial charge >= 0.3 is 0 Å². The van der Waals surface area contributed by atoms with Gasteiger partial charge in [-0.2, -0.15) is 0 Å². The van der Waals surface area contributed by atoms with Crippen LogP contribution in [-0.2, 0) is 0 Å². The first kappa shape index (κ1) is 8.56. The molecule has 0 radical (unpaired) electrons. The van der Waals surface area contributed by atoms with E-state index in [9.17, 15) is 0 Å². The van der Waals surface area contributed by atoms with E-state index in [1.807, 2.05) is 0 Å². The summed E-state index contributed by atoms with van der Waals surface area (Å²) in [6, 6.07) is 0.579. The molecule has 1 fully saturated rings. The zero-order valence-corrected chi connectivity index (χ0v) is 7.74. The van der Waals surface area contributed by atoms with Gasteiger partial charge in [-0.25, -0.2) is 4.99 Å². The van der Waals surface area contributed by atoms with Gasteiger partial charge in [-0.1, -0.05) is 0 Å². The largest absolute Gasteiger partial charge is 0.369 e. The fourth-order valence-electron chi connectivity index (χ4n) is 1.91. The summed E-state index contributed by atoms with van der Waals surface area (Å²) in [4.78, 5) is 6.30. The van der Waals surface area contributed by atoms with E-state index >= 15 is 0 Å². The van der Waals surface area contributed by atoms with E-state index in [-0.39, 0.29) is 0 Å². The van der Waals surface area contributed by atoms with Crippen LogP contribution < -0.4 is 11.1 Å². The first-order valence-electron chi connectivity index (χ1n) is 4.83. The number of nitrogens with two attached hydrogens (primary N) is 1. The molecule has 0 saturated carbocycles. The van der Waals surface area contributed by atoms with Crippen LogP contribution in [0.15, 0.2) is 17.3 Å². The SMILES string of the molecule is NC1=NC=CCN1C1CCNCC1. The van der Waals surface area contributed by atoms with E-state index in [0.717, 1.165) is 19.6 Å². The molecule has 2 heterocycles. The molecule has 0 spiro atoms. The summed E-state index contributed by atoms with van der Waals surface area (Å²) in [6.07, 6.45) is 6.18. The van der Waals surface area contributed by atoms with Crippen LogP contribution in [0.1, 0.15) is 12.8 Å². The van der Waals surface area contributed by atoms with Gasteiger partial charge in [0, 0.05) is 18.8 Å². The number of piperidine rings is 1. The summed E-state index contributed by atoms with van der Waals surface area (Å²) < 4.78 is 0. The molecule has 0 unspecified atom stereocenters. The number of hydrogen-bond donors (Lipinski definition) is 2. The highest BCUT2D eigenvalue weighted by atomic mass is 15.3. The minimum absolute atomic E-state index is 0.579. The van der Waals surface area contributed by atoms with Crippen molar-refractivity contribution in [3.05, 3.63) is 12.3 Å². The molecule has 0 bridgehead atoms. The minimum atomic E-state index is 0.579. The van der Waals surface area contributed by atoms with Gasteiger partial charge < -0.3 is 16.0 Å². The molecule has 13 heavy (non-hydrogen) atoms. The Morgan fingerprint density at radius 1 is 1.46 bits per heavy atom. The van der Waals surface area contributed by atoms with Crippen molar-refractivity contribution in [2.45, 2.75) is 18.9 Å². The van der Waals surface area contributed by atoms with Gasteiger partial charge in [-0.15, -0.1) is 0 Å². The van der Waals surface area contributed by atoms with Crippen LogP contribution in [0.25, 0.3) is 0 Å². The van der Waals surface area contributed by atoms with E-state index in [0.29, 0.717) is 12.0 Å². The summed E-state index contributed by atoms with van der Waals surface area (Å²) in [7, 11) is 0. The van der Waals surface area contributed by atoms with Crippen molar-refractivity contribution >= 4 is 5.96 Å². The maximum atomic E-state index is 5.81. The smallest absolute Gasteiger partial charge is 0.196 e. The third-order valence-corrected chi connectivity index (χ3v) is 2.66. The molecule has 0 aromatic rings. The summed E-state index contributed by atoms with van der Waals surface area (Å²) in [5.74, 6) is 0.675. The molecule has 2 rings (SSSR count). The molecule has 0 aromatic heterocycles. The maximum absolute atomic E-state index is 5.81. The van der Waals surface area contributed by atoms with Crippen LogP contribution in [-0.4, -0.2) is 36.5 Å². The predicted octanol–water partition coefficient (Wildman–Crippen LogP) is -0.118. The predicted molar refractivity (Wildman–Crippen MR) is 53.4 cm³/mol. The lowest BCUT2D eigenvalue weighted by molar-refractivity contribution is 0.266. The van der Waals surface area contributed by atoms with Crippen LogP contribution in [0.3, 0.4) is 0 Å². The van der Waals surface area contributed by atoms with E-state index in [1.165, 1.54) is 12.8 Å². The van der Waals surface area contributed by atoms with E-state index in [1.54, 1.807) is 6.20 Å². The molecular formula is C9H16N4. The highest BCUT2D eigenvalue weighted by molar-refractivity contribution is 5.79. The van der Waals surface area contributed by atoms with Crippen molar-refractivity contribution in [1.82, 2.24) is 10.2 Å². The summed E-state index contributed by atoms with van der Waals surface area (Å²) in [6.45, 7) is 3.11. The molecule has 2 aliphatic rings. The van der Waals surface area contributed by atoms with Crippen LogP contribution in [0.4, 0.5) is 0 Å². The van der Waals surface area contributed by atoms with Gasteiger partial charge in [-0.05, 0) is 32.0 Å². The molecule has 0 amide bonds. The lowest BCUT2D eigenvalue weighted by Crippen LogP contribution is -2.49. The van der Waals surface area contributed by atoms with Crippen molar-refractivity contribution in [3.63, 3.8) is 0 Å². The lowest BCUT2D eigenvalue weighted by Gasteiger charge is -2.35. The van der Waals surface area contributed by atoms with Crippen molar-refractivity contribution in [3.8, 4) is 0 Å². The van der Waals surface area contributed by atoms with Gasteiger partial charge in [0.15, 0.2) is 5.96 Å². The number of nitrogens with zero attached hydrogens (tertiary/aromatic N) is 2. The minimum Gasteiger partial charge on any atom is -0.369 e. The van der Waals surface area contributed by atoms with E-state index in [2.05, 4.69) is 21.3 Å². The second-order valence-electron chi connectivity index (χ2n) is 3.51. The molecule has 2 aliphatic heterocycles. The Bertz CT molecular complexity index is 228. The standard InChI is InChI=1S/C9H16N4/c10-9-12-4-1-7-13(9)8-2-5-11-6-3-8/h1,4,8,11H,2-3,5-7H2,(H2,10,12). The zero-order valence-electron chi connectivity index (χ0n) is 7.74. The van der Waals surface area contributed by atoms with Crippen molar-refractivity contribution in [2.75, 3.05) is 19.6 Å². The Morgan fingerprint density at radius 3 is 2.92 bits per heavy atom. The highest BCUT2D eigenvalue weighted by Crippen LogP contribution is 2.13. The van der Waals surface area contributed by atoms with Gasteiger partial charge in [-0.3, -0.25) is 0 Å². The monoisotopic (exact) mass is 180 g/mol. The van der Waals surface area contributed by atoms with Crippen LogP contribution in [0, 0.1) is 0 Å². The summed E-state index contributed by atoms with van der Waals surface area (Å²) >= 11 is 0. The fourth-order valence-corrected chi connectivity index (χ4v) is 1.91. The average molecular weight is 180 g/mol. The Balaban J connectivity index is 1.99. The van der Waals surface area contributed by atoms with Gasteiger partial charge in [0.1, 0.15) is 0 Å². The van der Waals surface area contributed by atoms with Gasteiger partial charge in [0.05, 0.1) is 0 Å². The molecule has 72 valence electrons. The molecule has 1 saturated heterocycles. The van der Waals surface area contributed by atoms with E-state index in [4.69, 9.17) is 5.73 Å². The number of rotatable bonds is 1. The van der Waals surface area contributed by atoms with Crippen LogP contribution >= 0.6 is 0 Å². The first-order chi connectivity index (χ1) is 6.38. The summed E-state index contributed by atoms with van der Waals surface area (Å²) in [5.41, 5.74) is 5.81. The zero-order chi connectivity index (χ0) is 9.10. The Labute approximate surface area is 78.5 Å². The molecule has 4 nitrogen and oxygen atoms in total. The highest BCUT2D eigenvalue weighted by Gasteiger charge is 2.22. The fraction of sp³-hybridized carbons (Fsp3) is 0.667. The van der Waals surface area contributed by atoms with Crippen LogP contribution in [0.5, 0.6) is 0 Å². The molecule has 4 heteroatoms. The number of aliphatic imine (C=N–C) groups is 1. The van der Waals surface area contributed by atoms with Crippen molar-refractivity contribution in [2.24, 2.45) is 10.7 Å².